The Morgan fingerprint density at radius 1 is 1.00 bits per heavy atom. The van der Waals surface area contributed by atoms with Crippen LogP contribution in [0.15, 0.2) is 42.5 Å². The van der Waals surface area contributed by atoms with Crippen LogP contribution in [0.25, 0.3) is 0 Å². The van der Waals surface area contributed by atoms with Crippen molar-refractivity contribution < 1.29 is 4.74 Å². The van der Waals surface area contributed by atoms with Crippen LogP contribution in [0.1, 0.15) is 37.5 Å². The lowest BCUT2D eigenvalue weighted by Gasteiger charge is -2.20. The second-order valence-corrected chi connectivity index (χ2v) is 5.97. The highest BCUT2D eigenvalue weighted by Gasteiger charge is 2.14. The first-order valence-electron chi connectivity index (χ1n) is 6.69. The first-order chi connectivity index (χ1) is 9.40. The second kappa shape index (κ2) is 5.38. The average Bonchev–Trinajstić information content (AvgIpc) is 2.41. The van der Waals surface area contributed by atoms with Crippen LogP contribution in [-0.2, 0) is 5.41 Å². The van der Waals surface area contributed by atoms with Crippen LogP contribution in [-0.4, -0.2) is 0 Å². The number of rotatable bonds is 2. The molecule has 0 atom stereocenters. The number of hydrogen-bond acceptors (Lipinski definition) is 2. The zero-order valence-electron chi connectivity index (χ0n) is 12.4. The minimum Gasteiger partial charge on any atom is -0.457 e. The molecule has 0 fully saturated rings. The Bertz CT molecular complexity index is 643. The maximum Gasteiger partial charge on any atom is 0.130 e. The van der Waals surface area contributed by atoms with Crippen molar-refractivity contribution in [1.82, 2.24) is 0 Å². The Kier molecular flexibility index (Phi) is 3.81. The highest BCUT2D eigenvalue weighted by molar-refractivity contribution is 5.42. The summed E-state index contributed by atoms with van der Waals surface area (Å²) in [6.45, 7) is 8.64. The van der Waals surface area contributed by atoms with Gasteiger partial charge in [-0.2, -0.15) is 5.26 Å². The Labute approximate surface area is 120 Å². The molecule has 2 rings (SSSR count). The average molecular weight is 265 g/mol. The molecular weight excluding hydrogens is 246 g/mol. The van der Waals surface area contributed by atoms with Gasteiger partial charge in [0.25, 0.3) is 0 Å². The smallest absolute Gasteiger partial charge is 0.130 e. The summed E-state index contributed by atoms with van der Waals surface area (Å²) in [5.41, 5.74) is 3.18. The van der Waals surface area contributed by atoms with E-state index in [-0.39, 0.29) is 5.41 Å². The fourth-order valence-electron chi connectivity index (χ4n) is 1.95. The first-order valence-corrected chi connectivity index (χ1v) is 6.69. The number of aryl methyl sites for hydroxylation is 1. The van der Waals surface area contributed by atoms with E-state index in [4.69, 9.17) is 10.00 Å². The molecule has 0 saturated heterocycles. The molecule has 0 spiro atoms. The van der Waals surface area contributed by atoms with Crippen LogP contribution in [0, 0.1) is 18.3 Å². The van der Waals surface area contributed by atoms with Gasteiger partial charge in [0, 0.05) is 0 Å². The fraction of sp³-hybridized carbons (Fsp3) is 0.278. The van der Waals surface area contributed by atoms with Gasteiger partial charge in [-0.15, -0.1) is 0 Å². The monoisotopic (exact) mass is 265 g/mol. The van der Waals surface area contributed by atoms with Crippen molar-refractivity contribution >= 4 is 0 Å². The molecule has 0 heterocycles. The molecule has 0 aliphatic carbocycles. The summed E-state index contributed by atoms with van der Waals surface area (Å²) in [6, 6.07) is 15.5. The van der Waals surface area contributed by atoms with Crippen LogP contribution in [0.3, 0.4) is 0 Å². The third-order valence-electron chi connectivity index (χ3n) is 3.25. The normalized spacial score (nSPS) is 10.9. The molecule has 0 N–H and O–H groups in total. The minimum absolute atomic E-state index is 0.137. The van der Waals surface area contributed by atoms with Crippen molar-refractivity contribution in [1.29, 1.82) is 5.26 Å². The van der Waals surface area contributed by atoms with Crippen molar-refractivity contribution in [2.75, 3.05) is 0 Å². The van der Waals surface area contributed by atoms with E-state index < -0.39 is 0 Å². The third-order valence-corrected chi connectivity index (χ3v) is 3.25. The summed E-state index contributed by atoms with van der Waals surface area (Å²) in [7, 11) is 0. The van der Waals surface area contributed by atoms with E-state index in [1.807, 2.05) is 25.1 Å². The number of benzene rings is 2. The highest BCUT2D eigenvalue weighted by atomic mass is 16.5. The largest absolute Gasteiger partial charge is 0.457 e. The molecule has 102 valence electrons. The number of ether oxygens (including phenoxy) is 1. The summed E-state index contributed by atoms with van der Waals surface area (Å²) in [5, 5.41) is 8.78. The molecule has 0 amide bonds. The van der Waals surface area contributed by atoms with Crippen molar-refractivity contribution in [2.24, 2.45) is 0 Å². The predicted molar refractivity (Wildman–Crippen MR) is 81.1 cm³/mol. The fourth-order valence-corrected chi connectivity index (χ4v) is 1.95. The second-order valence-electron chi connectivity index (χ2n) is 5.97. The molecule has 2 aromatic carbocycles. The molecule has 0 saturated carbocycles. The van der Waals surface area contributed by atoms with Crippen molar-refractivity contribution in [3.05, 3.63) is 59.2 Å². The van der Waals surface area contributed by atoms with Gasteiger partial charge < -0.3 is 4.74 Å². The van der Waals surface area contributed by atoms with Crippen molar-refractivity contribution in [2.45, 2.75) is 33.1 Å². The van der Waals surface area contributed by atoms with Gasteiger partial charge in [0.2, 0.25) is 0 Å². The van der Waals surface area contributed by atoms with Crippen molar-refractivity contribution in [3.8, 4) is 17.6 Å². The predicted octanol–water partition coefficient (Wildman–Crippen LogP) is 4.96. The molecule has 0 aliphatic rings. The van der Waals surface area contributed by atoms with E-state index in [9.17, 15) is 0 Å². The number of hydrogen-bond donors (Lipinski definition) is 0. The summed E-state index contributed by atoms with van der Waals surface area (Å²) in [5.74, 6) is 1.60. The van der Waals surface area contributed by atoms with E-state index >= 15 is 0 Å². The minimum atomic E-state index is 0.137. The van der Waals surface area contributed by atoms with Crippen LogP contribution in [0.2, 0.25) is 0 Å². The van der Waals surface area contributed by atoms with E-state index in [0.29, 0.717) is 5.56 Å². The third kappa shape index (κ3) is 3.19. The molecule has 0 radical (unpaired) electrons. The summed E-state index contributed by atoms with van der Waals surface area (Å²) >= 11 is 0. The van der Waals surface area contributed by atoms with Gasteiger partial charge in [-0.05, 0) is 53.8 Å². The Hall–Kier alpha value is -2.27. The molecule has 0 unspecified atom stereocenters. The van der Waals surface area contributed by atoms with Gasteiger partial charge in [0.05, 0.1) is 11.6 Å². The summed E-state index contributed by atoms with van der Waals surface area (Å²) in [6.07, 6.45) is 0. The zero-order chi connectivity index (χ0) is 14.8. The van der Waals surface area contributed by atoms with E-state index in [1.54, 1.807) is 12.1 Å². The number of nitriles is 1. The Balaban J connectivity index is 2.23. The molecule has 0 aliphatic heterocycles. The number of nitrogens with zero attached hydrogens (tertiary/aromatic N) is 1. The molecule has 2 aromatic rings. The summed E-state index contributed by atoms with van der Waals surface area (Å²) in [4.78, 5) is 0. The molecular formula is C18H19NO. The maximum atomic E-state index is 8.78. The quantitative estimate of drug-likeness (QED) is 0.769. The molecule has 20 heavy (non-hydrogen) atoms. The van der Waals surface area contributed by atoms with E-state index in [2.05, 4.69) is 39.0 Å². The summed E-state index contributed by atoms with van der Waals surface area (Å²) < 4.78 is 5.87. The van der Waals surface area contributed by atoms with E-state index in [1.165, 1.54) is 5.56 Å². The van der Waals surface area contributed by atoms with Gasteiger partial charge in [0.1, 0.15) is 11.5 Å². The Morgan fingerprint density at radius 3 is 2.15 bits per heavy atom. The molecule has 0 bridgehead atoms. The van der Waals surface area contributed by atoms with Gasteiger partial charge >= 0.3 is 0 Å². The van der Waals surface area contributed by atoms with Gasteiger partial charge in [-0.1, -0.05) is 32.9 Å². The van der Waals surface area contributed by atoms with Gasteiger partial charge in [0.15, 0.2) is 0 Å². The van der Waals surface area contributed by atoms with Crippen LogP contribution in [0.5, 0.6) is 11.5 Å². The standard InChI is InChI=1S/C18H19NO/c1-13-11-15(18(2,3)4)7-10-17(13)20-16-8-5-14(12-19)6-9-16/h5-11H,1-4H3. The van der Waals surface area contributed by atoms with Crippen LogP contribution < -0.4 is 4.74 Å². The lowest BCUT2D eigenvalue weighted by Crippen LogP contribution is -2.11. The first kappa shape index (κ1) is 14.1. The van der Waals surface area contributed by atoms with Crippen LogP contribution in [0.4, 0.5) is 0 Å². The van der Waals surface area contributed by atoms with Crippen molar-refractivity contribution in [3.63, 3.8) is 0 Å². The zero-order valence-corrected chi connectivity index (χ0v) is 12.4. The van der Waals surface area contributed by atoms with E-state index in [0.717, 1.165) is 17.1 Å². The lowest BCUT2D eigenvalue weighted by atomic mass is 9.86. The molecule has 2 heteroatoms. The molecule has 0 aromatic heterocycles. The van der Waals surface area contributed by atoms with Gasteiger partial charge in [-0.25, -0.2) is 0 Å². The van der Waals surface area contributed by atoms with Crippen LogP contribution >= 0.6 is 0 Å². The SMILES string of the molecule is Cc1cc(C(C)(C)C)ccc1Oc1ccc(C#N)cc1. The van der Waals surface area contributed by atoms with Gasteiger partial charge in [-0.3, -0.25) is 0 Å². The lowest BCUT2D eigenvalue weighted by molar-refractivity contribution is 0.477. The molecule has 2 nitrogen and oxygen atoms in total. The topological polar surface area (TPSA) is 33.0 Å². The highest BCUT2D eigenvalue weighted by Crippen LogP contribution is 2.30. The maximum absolute atomic E-state index is 8.78. The Morgan fingerprint density at radius 2 is 1.65 bits per heavy atom.